The number of benzene rings is 3. The normalized spacial score (nSPS) is 12.7. The number of aryl methyl sites for hydroxylation is 1. The Balaban J connectivity index is 1.91. The van der Waals surface area contributed by atoms with Gasteiger partial charge in [-0.25, -0.2) is 0 Å². The summed E-state index contributed by atoms with van der Waals surface area (Å²) in [6.45, 7) is 8.59. The second-order valence-corrected chi connectivity index (χ2v) is 11.0. The highest BCUT2D eigenvalue weighted by molar-refractivity contribution is 6.42. The van der Waals surface area contributed by atoms with Crippen LogP contribution in [0.5, 0.6) is 0 Å². The number of rotatable bonds is 12. The SMILES string of the molecule is CC[C@H](C)NC(=O)[C@@H](Cc1ccccc1)N(Cc1ccc(Cl)c(Cl)c1)C(=O)CCc1ccc(C(C)C)cc1. The minimum absolute atomic E-state index is 0.00201. The topological polar surface area (TPSA) is 49.4 Å². The Morgan fingerprint density at radius 3 is 2.11 bits per heavy atom. The Bertz CT molecular complexity index is 1200. The standard InChI is InChI=1S/C32H38Cl2N2O2/c1-5-23(4)35-32(38)30(20-25-9-7-6-8-10-25)36(21-26-13-17-28(33)29(34)19-26)31(37)18-14-24-11-15-27(16-12-24)22(2)3/h6-13,15-17,19,22-23,30H,5,14,18,20-21H2,1-4H3,(H,35,38)/t23-,30+/m0/s1. The number of hydrogen-bond donors (Lipinski definition) is 1. The molecule has 202 valence electrons. The minimum Gasteiger partial charge on any atom is -0.352 e. The first kappa shape index (κ1) is 29.7. The van der Waals surface area contributed by atoms with Crippen LogP contribution in [0.1, 0.15) is 68.7 Å². The summed E-state index contributed by atoms with van der Waals surface area (Å²) in [6, 6.07) is 22.9. The molecule has 2 atom stereocenters. The molecule has 0 aliphatic rings. The van der Waals surface area contributed by atoms with Crippen LogP contribution in [0.3, 0.4) is 0 Å². The van der Waals surface area contributed by atoms with E-state index in [1.165, 1.54) is 5.56 Å². The molecule has 0 aromatic heterocycles. The zero-order valence-corrected chi connectivity index (χ0v) is 24.2. The molecule has 0 aliphatic heterocycles. The summed E-state index contributed by atoms with van der Waals surface area (Å²) in [5, 5.41) is 3.98. The van der Waals surface area contributed by atoms with Crippen molar-refractivity contribution in [2.24, 2.45) is 0 Å². The molecule has 4 nitrogen and oxygen atoms in total. The maximum absolute atomic E-state index is 13.8. The van der Waals surface area contributed by atoms with Gasteiger partial charge in [0.2, 0.25) is 11.8 Å². The van der Waals surface area contributed by atoms with Gasteiger partial charge >= 0.3 is 0 Å². The lowest BCUT2D eigenvalue weighted by Gasteiger charge is -2.32. The lowest BCUT2D eigenvalue weighted by molar-refractivity contribution is -0.141. The summed E-state index contributed by atoms with van der Waals surface area (Å²) in [6.07, 6.45) is 2.11. The van der Waals surface area contributed by atoms with Crippen LogP contribution in [-0.2, 0) is 29.0 Å². The average Bonchev–Trinajstić information content (AvgIpc) is 2.91. The first-order valence-electron chi connectivity index (χ1n) is 13.3. The Hall–Kier alpha value is -2.82. The zero-order chi connectivity index (χ0) is 27.7. The van der Waals surface area contributed by atoms with E-state index in [-0.39, 0.29) is 24.4 Å². The van der Waals surface area contributed by atoms with Crippen LogP contribution in [0.25, 0.3) is 0 Å². The van der Waals surface area contributed by atoms with Crippen LogP contribution in [0.4, 0.5) is 0 Å². The van der Waals surface area contributed by atoms with Crippen molar-refractivity contribution in [2.75, 3.05) is 0 Å². The lowest BCUT2D eigenvalue weighted by Crippen LogP contribution is -2.52. The second-order valence-electron chi connectivity index (χ2n) is 10.2. The highest BCUT2D eigenvalue weighted by Gasteiger charge is 2.31. The van der Waals surface area contributed by atoms with E-state index < -0.39 is 6.04 Å². The molecule has 3 rings (SSSR count). The van der Waals surface area contributed by atoms with Crippen LogP contribution in [0, 0.1) is 0 Å². The van der Waals surface area contributed by atoms with Gasteiger partial charge in [0, 0.05) is 25.4 Å². The molecule has 0 spiro atoms. The molecule has 0 saturated carbocycles. The maximum Gasteiger partial charge on any atom is 0.243 e. The van der Waals surface area contributed by atoms with Crippen LogP contribution in [0.15, 0.2) is 72.8 Å². The van der Waals surface area contributed by atoms with E-state index in [9.17, 15) is 9.59 Å². The van der Waals surface area contributed by atoms with Crippen molar-refractivity contribution < 1.29 is 9.59 Å². The van der Waals surface area contributed by atoms with E-state index in [2.05, 4.69) is 43.4 Å². The smallest absolute Gasteiger partial charge is 0.243 e. The Morgan fingerprint density at radius 2 is 1.50 bits per heavy atom. The second kappa shape index (κ2) is 14.4. The Kier molecular flexibility index (Phi) is 11.2. The van der Waals surface area contributed by atoms with Crippen molar-refractivity contribution in [1.82, 2.24) is 10.2 Å². The predicted octanol–water partition coefficient (Wildman–Crippen LogP) is 7.60. The average molecular weight is 554 g/mol. The molecule has 0 aliphatic carbocycles. The van der Waals surface area contributed by atoms with E-state index in [0.29, 0.717) is 35.2 Å². The van der Waals surface area contributed by atoms with Crippen molar-refractivity contribution in [1.29, 1.82) is 0 Å². The van der Waals surface area contributed by atoms with Gasteiger partial charge in [0.25, 0.3) is 0 Å². The van der Waals surface area contributed by atoms with E-state index >= 15 is 0 Å². The number of nitrogens with one attached hydrogen (secondary N) is 1. The van der Waals surface area contributed by atoms with Gasteiger partial charge in [-0.1, -0.05) is 105 Å². The molecular formula is C32H38Cl2N2O2. The molecular weight excluding hydrogens is 515 g/mol. The van der Waals surface area contributed by atoms with Gasteiger partial charge in [-0.05, 0) is 60.1 Å². The third-order valence-corrected chi connectivity index (χ3v) is 7.62. The molecule has 3 aromatic carbocycles. The maximum atomic E-state index is 13.8. The fourth-order valence-corrected chi connectivity index (χ4v) is 4.61. The molecule has 1 N–H and O–H groups in total. The lowest BCUT2D eigenvalue weighted by atomic mass is 9.99. The fraction of sp³-hybridized carbons (Fsp3) is 0.375. The fourth-order valence-electron chi connectivity index (χ4n) is 4.29. The van der Waals surface area contributed by atoms with Gasteiger partial charge in [-0.2, -0.15) is 0 Å². The number of carbonyl (C=O) groups is 2. The summed E-state index contributed by atoms with van der Waals surface area (Å²) in [7, 11) is 0. The van der Waals surface area contributed by atoms with Gasteiger partial charge in [-0.3, -0.25) is 9.59 Å². The van der Waals surface area contributed by atoms with Gasteiger partial charge in [0.1, 0.15) is 6.04 Å². The quantitative estimate of drug-likeness (QED) is 0.251. The molecule has 0 saturated heterocycles. The molecule has 0 fully saturated rings. The van der Waals surface area contributed by atoms with Crippen LogP contribution in [0.2, 0.25) is 10.0 Å². The summed E-state index contributed by atoms with van der Waals surface area (Å²) in [5.74, 6) is 0.220. The number of halogens is 2. The summed E-state index contributed by atoms with van der Waals surface area (Å²) in [5.41, 5.74) is 4.18. The van der Waals surface area contributed by atoms with Crippen molar-refractivity contribution in [3.05, 3.63) is 105 Å². The molecule has 0 radical (unpaired) electrons. The Labute approximate surface area is 237 Å². The first-order chi connectivity index (χ1) is 18.2. The monoisotopic (exact) mass is 552 g/mol. The largest absolute Gasteiger partial charge is 0.352 e. The third-order valence-electron chi connectivity index (χ3n) is 6.88. The summed E-state index contributed by atoms with van der Waals surface area (Å²) >= 11 is 12.4. The molecule has 0 bridgehead atoms. The number of hydrogen-bond acceptors (Lipinski definition) is 2. The summed E-state index contributed by atoms with van der Waals surface area (Å²) in [4.78, 5) is 29.1. The molecule has 38 heavy (non-hydrogen) atoms. The van der Waals surface area contributed by atoms with Gasteiger partial charge in [0.15, 0.2) is 0 Å². The van der Waals surface area contributed by atoms with Crippen LogP contribution in [-0.4, -0.2) is 28.8 Å². The van der Waals surface area contributed by atoms with E-state index in [0.717, 1.165) is 23.1 Å². The zero-order valence-electron chi connectivity index (χ0n) is 22.7. The molecule has 3 aromatic rings. The highest BCUT2D eigenvalue weighted by atomic mass is 35.5. The first-order valence-corrected chi connectivity index (χ1v) is 14.1. The van der Waals surface area contributed by atoms with Gasteiger partial charge in [0.05, 0.1) is 10.0 Å². The van der Waals surface area contributed by atoms with Crippen LogP contribution < -0.4 is 5.32 Å². The van der Waals surface area contributed by atoms with Gasteiger partial charge in [-0.15, -0.1) is 0 Å². The number of nitrogens with zero attached hydrogens (tertiary/aromatic N) is 1. The van der Waals surface area contributed by atoms with Crippen molar-refractivity contribution in [3.63, 3.8) is 0 Å². The van der Waals surface area contributed by atoms with Crippen molar-refractivity contribution in [3.8, 4) is 0 Å². The molecule has 0 unspecified atom stereocenters. The van der Waals surface area contributed by atoms with E-state index in [1.54, 1.807) is 17.0 Å². The molecule has 0 heterocycles. The van der Waals surface area contributed by atoms with E-state index in [4.69, 9.17) is 23.2 Å². The Morgan fingerprint density at radius 1 is 0.842 bits per heavy atom. The predicted molar refractivity (Wildman–Crippen MR) is 158 cm³/mol. The third kappa shape index (κ3) is 8.61. The van der Waals surface area contributed by atoms with Crippen molar-refractivity contribution in [2.45, 2.75) is 77.9 Å². The molecule has 2 amide bonds. The summed E-state index contributed by atoms with van der Waals surface area (Å²) < 4.78 is 0. The van der Waals surface area contributed by atoms with Gasteiger partial charge < -0.3 is 10.2 Å². The number of carbonyl (C=O) groups excluding carboxylic acids is 2. The van der Waals surface area contributed by atoms with E-state index in [1.807, 2.05) is 50.2 Å². The minimum atomic E-state index is -0.670. The molecule has 6 heteroatoms. The highest BCUT2D eigenvalue weighted by Crippen LogP contribution is 2.25. The van der Waals surface area contributed by atoms with Crippen LogP contribution >= 0.6 is 23.2 Å². The van der Waals surface area contributed by atoms with Crippen molar-refractivity contribution >= 4 is 35.0 Å². The number of amides is 2.